The summed E-state index contributed by atoms with van der Waals surface area (Å²) in [4.78, 5) is 4.14. The second kappa shape index (κ2) is 5.10. The predicted octanol–water partition coefficient (Wildman–Crippen LogP) is 2.02. The molecule has 0 spiro atoms. The van der Waals surface area contributed by atoms with E-state index in [1.807, 2.05) is 32.3 Å². The van der Waals surface area contributed by atoms with Gasteiger partial charge in [0.05, 0.1) is 5.69 Å². The lowest BCUT2D eigenvalue weighted by molar-refractivity contribution is 0.683. The van der Waals surface area contributed by atoms with E-state index in [1.54, 1.807) is 0 Å². The number of aromatic nitrogens is 3. The molecule has 4 heteroatoms. The van der Waals surface area contributed by atoms with Crippen molar-refractivity contribution in [1.29, 1.82) is 0 Å². The van der Waals surface area contributed by atoms with E-state index in [0.717, 1.165) is 24.5 Å². The van der Waals surface area contributed by atoms with E-state index in [-0.39, 0.29) is 0 Å². The molecule has 0 aromatic carbocycles. The van der Waals surface area contributed by atoms with Crippen LogP contribution in [0.4, 0.5) is 0 Å². The summed E-state index contributed by atoms with van der Waals surface area (Å²) >= 11 is 0. The number of aromatic amines is 1. The van der Waals surface area contributed by atoms with Gasteiger partial charge in [0.1, 0.15) is 0 Å². The first-order chi connectivity index (χ1) is 8.18. The molecular formula is C13H18N4. The Morgan fingerprint density at radius 2 is 2.06 bits per heavy atom. The van der Waals surface area contributed by atoms with Crippen LogP contribution in [0.25, 0.3) is 0 Å². The van der Waals surface area contributed by atoms with Gasteiger partial charge in [-0.25, -0.2) is 0 Å². The molecule has 0 saturated heterocycles. The number of nitrogens with zero attached hydrogens (tertiary/aromatic N) is 2. The molecule has 0 saturated carbocycles. The summed E-state index contributed by atoms with van der Waals surface area (Å²) < 4.78 is 0. The zero-order chi connectivity index (χ0) is 12.3. The smallest absolute Gasteiger partial charge is 0.0638 e. The summed E-state index contributed by atoms with van der Waals surface area (Å²) in [5.74, 6) is 0. The summed E-state index contributed by atoms with van der Waals surface area (Å²) in [5, 5.41) is 10.6. The SMILES string of the molecule is Cc1ccncc1CNCc1c(C)n[nH]c1C. The van der Waals surface area contributed by atoms with Crippen molar-refractivity contribution < 1.29 is 0 Å². The number of nitrogens with one attached hydrogen (secondary N) is 2. The van der Waals surface area contributed by atoms with Crippen LogP contribution < -0.4 is 5.32 Å². The summed E-state index contributed by atoms with van der Waals surface area (Å²) in [7, 11) is 0. The van der Waals surface area contributed by atoms with E-state index >= 15 is 0 Å². The van der Waals surface area contributed by atoms with Gasteiger partial charge >= 0.3 is 0 Å². The van der Waals surface area contributed by atoms with Gasteiger partial charge in [-0.2, -0.15) is 5.10 Å². The fourth-order valence-corrected chi connectivity index (χ4v) is 1.84. The summed E-state index contributed by atoms with van der Waals surface area (Å²) in [5.41, 5.74) is 5.97. The number of rotatable bonds is 4. The lowest BCUT2D eigenvalue weighted by Gasteiger charge is -2.07. The maximum Gasteiger partial charge on any atom is 0.0638 e. The van der Waals surface area contributed by atoms with Gasteiger partial charge in [-0.3, -0.25) is 10.1 Å². The molecule has 0 aliphatic heterocycles. The van der Waals surface area contributed by atoms with E-state index in [4.69, 9.17) is 0 Å². The van der Waals surface area contributed by atoms with Gasteiger partial charge in [0.2, 0.25) is 0 Å². The summed E-state index contributed by atoms with van der Waals surface area (Å²) in [6.45, 7) is 7.85. The van der Waals surface area contributed by atoms with Crippen molar-refractivity contribution in [3.8, 4) is 0 Å². The minimum absolute atomic E-state index is 0.836. The van der Waals surface area contributed by atoms with Crippen molar-refractivity contribution in [2.45, 2.75) is 33.9 Å². The molecule has 4 nitrogen and oxygen atoms in total. The fraction of sp³-hybridized carbons (Fsp3) is 0.385. The van der Waals surface area contributed by atoms with Gasteiger partial charge in [0.15, 0.2) is 0 Å². The zero-order valence-corrected chi connectivity index (χ0v) is 10.5. The minimum atomic E-state index is 0.836. The molecule has 0 fully saturated rings. The highest BCUT2D eigenvalue weighted by molar-refractivity contribution is 5.24. The van der Waals surface area contributed by atoms with Gasteiger partial charge < -0.3 is 5.32 Å². The van der Waals surface area contributed by atoms with E-state index in [9.17, 15) is 0 Å². The Labute approximate surface area is 101 Å². The molecule has 0 bridgehead atoms. The Morgan fingerprint density at radius 3 is 2.71 bits per heavy atom. The van der Waals surface area contributed by atoms with Gasteiger partial charge in [-0.1, -0.05) is 0 Å². The van der Waals surface area contributed by atoms with Crippen LogP contribution in [-0.4, -0.2) is 15.2 Å². The van der Waals surface area contributed by atoms with Crippen LogP contribution in [0.2, 0.25) is 0 Å². The lowest BCUT2D eigenvalue weighted by atomic mass is 10.1. The van der Waals surface area contributed by atoms with Crippen LogP contribution in [-0.2, 0) is 13.1 Å². The molecular weight excluding hydrogens is 212 g/mol. The second-order valence-electron chi connectivity index (χ2n) is 4.32. The quantitative estimate of drug-likeness (QED) is 0.845. The molecule has 0 unspecified atom stereocenters. The predicted molar refractivity (Wildman–Crippen MR) is 67.6 cm³/mol. The van der Waals surface area contributed by atoms with Crippen LogP contribution in [0.5, 0.6) is 0 Å². The molecule has 0 amide bonds. The lowest BCUT2D eigenvalue weighted by Crippen LogP contribution is -2.14. The molecule has 0 radical (unpaired) electrons. The van der Waals surface area contributed by atoms with Crippen molar-refractivity contribution in [3.05, 3.63) is 46.5 Å². The van der Waals surface area contributed by atoms with Crippen molar-refractivity contribution in [2.75, 3.05) is 0 Å². The number of hydrogen-bond acceptors (Lipinski definition) is 3. The molecule has 2 heterocycles. The number of aryl methyl sites for hydroxylation is 3. The van der Waals surface area contributed by atoms with Crippen LogP contribution in [0, 0.1) is 20.8 Å². The highest BCUT2D eigenvalue weighted by Crippen LogP contribution is 2.09. The summed E-state index contributed by atoms with van der Waals surface area (Å²) in [6.07, 6.45) is 3.74. The van der Waals surface area contributed by atoms with E-state index in [2.05, 4.69) is 27.4 Å². The Bertz CT molecular complexity index is 482. The molecule has 2 aromatic rings. The molecule has 2 N–H and O–H groups in total. The van der Waals surface area contributed by atoms with E-state index in [1.165, 1.54) is 16.7 Å². The number of pyridine rings is 1. The first kappa shape index (κ1) is 11.8. The maximum atomic E-state index is 4.18. The molecule has 0 aliphatic rings. The summed E-state index contributed by atoms with van der Waals surface area (Å²) in [6, 6.07) is 2.03. The molecule has 2 aromatic heterocycles. The van der Waals surface area contributed by atoms with Crippen LogP contribution >= 0.6 is 0 Å². The normalized spacial score (nSPS) is 10.8. The minimum Gasteiger partial charge on any atom is -0.308 e. The van der Waals surface area contributed by atoms with E-state index in [0.29, 0.717) is 0 Å². The topological polar surface area (TPSA) is 53.6 Å². The third kappa shape index (κ3) is 2.71. The van der Waals surface area contributed by atoms with Gasteiger partial charge in [0, 0.05) is 36.7 Å². The Morgan fingerprint density at radius 1 is 1.24 bits per heavy atom. The van der Waals surface area contributed by atoms with Crippen molar-refractivity contribution in [2.24, 2.45) is 0 Å². The molecule has 17 heavy (non-hydrogen) atoms. The zero-order valence-electron chi connectivity index (χ0n) is 10.5. The average Bonchev–Trinajstić information content (AvgIpc) is 2.63. The Kier molecular flexibility index (Phi) is 3.54. The van der Waals surface area contributed by atoms with Crippen molar-refractivity contribution >= 4 is 0 Å². The van der Waals surface area contributed by atoms with Gasteiger partial charge in [-0.05, 0) is 38.0 Å². The Hall–Kier alpha value is -1.68. The number of hydrogen-bond donors (Lipinski definition) is 2. The highest BCUT2D eigenvalue weighted by atomic mass is 15.1. The van der Waals surface area contributed by atoms with Crippen LogP contribution in [0.3, 0.4) is 0 Å². The van der Waals surface area contributed by atoms with Crippen LogP contribution in [0.15, 0.2) is 18.5 Å². The van der Waals surface area contributed by atoms with E-state index < -0.39 is 0 Å². The second-order valence-corrected chi connectivity index (χ2v) is 4.32. The molecule has 90 valence electrons. The highest BCUT2D eigenvalue weighted by Gasteiger charge is 2.05. The maximum absolute atomic E-state index is 4.18. The van der Waals surface area contributed by atoms with Gasteiger partial charge in [-0.15, -0.1) is 0 Å². The van der Waals surface area contributed by atoms with Crippen LogP contribution in [0.1, 0.15) is 28.1 Å². The van der Waals surface area contributed by atoms with Gasteiger partial charge in [0.25, 0.3) is 0 Å². The average molecular weight is 230 g/mol. The molecule has 2 rings (SSSR count). The third-order valence-electron chi connectivity index (χ3n) is 3.05. The molecule has 0 aliphatic carbocycles. The number of H-pyrrole nitrogens is 1. The standard InChI is InChI=1S/C13H18N4/c1-9-4-5-14-6-12(9)7-15-8-13-10(2)16-17-11(13)3/h4-6,15H,7-8H2,1-3H3,(H,16,17). The van der Waals surface area contributed by atoms with Crippen molar-refractivity contribution in [3.63, 3.8) is 0 Å². The Balaban J connectivity index is 1.95. The third-order valence-corrected chi connectivity index (χ3v) is 3.05. The fourth-order valence-electron chi connectivity index (χ4n) is 1.84. The molecule has 0 atom stereocenters. The first-order valence-electron chi connectivity index (χ1n) is 5.79. The first-order valence-corrected chi connectivity index (χ1v) is 5.79. The monoisotopic (exact) mass is 230 g/mol. The largest absolute Gasteiger partial charge is 0.308 e. The van der Waals surface area contributed by atoms with Crippen molar-refractivity contribution in [1.82, 2.24) is 20.5 Å².